The lowest BCUT2D eigenvalue weighted by Crippen LogP contribution is -2.10. The molecule has 0 aliphatic carbocycles. The first-order chi connectivity index (χ1) is 6.15. The maximum absolute atomic E-state index is 12.9. The lowest BCUT2D eigenvalue weighted by Gasteiger charge is -2.12. The van der Waals surface area contributed by atoms with E-state index in [4.69, 9.17) is 5.73 Å². The standard InChI is InChI=1S/C11H14FN/c1-3-4-11(13)10-7-9(12)6-5-8(10)2/h3,5-7,11H,1,4,13H2,2H3/t11-/m1/s1. The molecule has 0 aromatic heterocycles. The van der Waals surface area contributed by atoms with E-state index in [2.05, 4.69) is 6.58 Å². The zero-order valence-corrected chi connectivity index (χ0v) is 7.76. The van der Waals surface area contributed by atoms with Gasteiger partial charge in [0.15, 0.2) is 0 Å². The van der Waals surface area contributed by atoms with E-state index < -0.39 is 0 Å². The Hall–Kier alpha value is -1.15. The summed E-state index contributed by atoms with van der Waals surface area (Å²) in [5.41, 5.74) is 7.72. The van der Waals surface area contributed by atoms with Gasteiger partial charge in [-0.05, 0) is 36.6 Å². The molecule has 0 saturated heterocycles. The molecule has 13 heavy (non-hydrogen) atoms. The number of hydrogen-bond donors (Lipinski definition) is 1. The van der Waals surface area contributed by atoms with Gasteiger partial charge in [-0.15, -0.1) is 6.58 Å². The predicted molar refractivity (Wildman–Crippen MR) is 52.9 cm³/mol. The summed E-state index contributed by atoms with van der Waals surface area (Å²) in [6, 6.07) is 4.53. The van der Waals surface area contributed by atoms with Crippen molar-refractivity contribution in [1.82, 2.24) is 0 Å². The number of halogens is 1. The first-order valence-corrected chi connectivity index (χ1v) is 4.27. The van der Waals surface area contributed by atoms with E-state index >= 15 is 0 Å². The van der Waals surface area contributed by atoms with Gasteiger partial charge in [-0.25, -0.2) is 4.39 Å². The Morgan fingerprint density at radius 1 is 1.62 bits per heavy atom. The largest absolute Gasteiger partial charge is 0.324 e. The summed E-state index contributed by atoms with van der Waals surface area (Å²) >= 11 is 0. The third-order valence-corrected chi connectivity index (χ3v) is 2.06. The van der Waals surface area contributed by atoms with Crippen molar-refractivity contribution in [2.45, 2.75) is 19.4 Å². The first-order valence-electron chi connectivity index (χ1n) is 4.27. The molecule has 0 fully saturated rings. The summed E-state index contributed by atoms with van der Waals surface area (Å²) < 4.78 is 12.9. The molecule has 0 amide bonds. The lowest BCUT2D eigenvalue weighted by molar-refractivity contribution is 0.618. The fourth-order valence-electron chi connectivity index (χ4n) is 1.32. The number of nitrogens with two attached hydrogens (primary N) is 1. The van der Waals surface area contributed by atoms with Crippen molar-refractivity contribution in [3.63, 3.8) is 0 Å². The molecule has 1 aromatic rings. The van der Waals surface area contributed by atoms with E-state index in [0.717, 1.165) is 11.1 Å². The second-order valence-electron chi connectivity index (χ2n) is 3.13. The Morgan fingerprint density at radius 3 is 2.92 bits per heavy atom. The van der Waals surface area contributed by atoms with Crippen LogP contribution >= 0.6 is 0 Å². The van der Waals surface area contributed by atoms with Crippen LogP contribution < -0.4 is 5.73 Å². The van der Waals surface area contributed by atoms with Crippen LogP contribution in [-0.2, 0) is 0 Å². The van der Waals surface area contributed by atoms with Crippen LogP contribution in [0.5, 0.6) is 0 Å². The van der Waals surface area contributed by atoms with E-state index in [-0.39, 0.29) is 11.9 Å². The van der Waals surface area contributed by atoms with E-state index in [1.807, 2.05) is 6.92 Å². The third kappa shape index (κ3) is 2.39. The van der Waals surface area contributed by atoms with Crippen molar-refractivity contribution >= 4 is 0 Å². The number of benzene rings is 1. The van der Waals surface area contributed by atoms with Gasteiger partial charge in [-0.3, -0.25) is 0 Å². The van der Waals surface area contributed by atoms with Crippen LogP contribution in [0, 0.1) is 12.7 Å². The normalized spacial score (nSPS) is 12.5. The van der Waals surface area contributed by atoms with Gasteiger partial charge in [-0.1, -0.05) is 12.1 Å². The molecule has 2 heteroatoms. The minimum absolute atomic E-state index is 0.145. The van der Waals surface area contributed by atoms with Gasteiger partial charge in [-0.2, -0.15) is 0 Å². The molecule has 0 aliphatic rings. The molecule has 2 N–H and O–H groups in total. The minimum atomic E-state index is -0.236. The summed E-state index contributed by atoms with van der Waals surface area (Å²) in [5.74, 6) is -0.236. The molecule has 0 aliphatic heterocycles. The molecule has 1 aromatic carbocycles. The van der Waals surface area contributed by atoms with Gasteiger partial charge in [0, 0.05) is 6.04 Å². The fourth-order valence-corrected chi connectivity index (χ4v) is 1.32. The molecule has 1 rings (SSSR count). The third-order valence-electron chi connectivity index (χ3n) is 2.06. The van der Waals surface area contributed by atoms with Crippen LogP contribution in [0.15, 0.2) is 30.9 Å². The molecule has 0 bridgehead atoms. The second-order valence-corrected chi connectivity index (χ2v) is 3.13. The summed E-state index contributed by atoms with van der Waals surface area (Å²) in [5, 5.41) is 0. The van der Waals surface area contributed by atoms with Crippen molar-refractivity contribution in [2.24, 2.45) is 5.73 Å². The smallest absolute Gasteiger partial charge is 0.123 e. The predicted octanol–water partition coefficient (Wildman–Crippen LogP) is 2.71. The van der Waals surface area contributed by atoms with Crippen molar-refractivity contribution < 1.29 is 4.39 Å². The lowest BCUT2D eigenvalue weighted by atomic mass is 9.99. The molecule has 70 valence electrons. The van der Waals surface area contributed by atoms with Crippen LogP contribution in [-0.4, -0.2) is 0 Å². The summed E-state index contributed by atoms with van der Waals surface area (Å²) in [7, 11) is 0. The highest BCUT2D eigenvalue weighted by molar-refractivity contribution is 5.29. The Morgan fingerprint density at radius 2 is 2.31 bits per heavy atom. The Bertz CT molecular complexity index is 307. The van der Waals surface area contributed by atoms with Gasteiger partial charge in [0.25, 0.3) is 0 Å². The van der Waals surface area contributed by atoms with Crippen LogP contribution in [0.2, 0.25) is 0 Å². The van der Waals surface area contributed by atoms with E-state index in [0.29, 0.717) is 6.42 Å². The van der Waals surface area contributed by atoms with Crippen molar-refractivity contribution in [3.8, 4) is 0 Å². The zero-order chi connectivity index (χ0) is 9.84. The van der Waals surface area contributed by atoms with Crippen molar-refractivity contribution in [1.29, 1.82) is 0 Å². The van der Waals surface area contributed by atoms with Crippen LogP contribution in [0.25, 0.3) is 0 Å². The molecule has 0 radical (unpaired) electrons. The van der Waals surface area contributed by atoms with E-state index in [1.54, 1.807) is 12.1 Å². The maximum atomic E-state index is 12.9. The summed E-state index contributed by atoms with van der Waals surface area (Å²) in [6.07, 6.45) is 2.42. The molecule has 1 nitrogen and oxygen atoms in total. The molecule has 0 saturated carbocycles. The summed E-state index contributed by atoms with van der Waals surface area (Å²) in [4.78, 5) is 0. The number of hydrogen-bond acceptors (Lipinski definition) is 1. The average molecular weight is 179 g/mol. The monoisotopic (exact) mass is 179 g/mol. The van der Waals surface area contributed by atoms with Crippen LogP contribution in [0.3, 0.4) is 0 Å². The van der Waals surface area contributed by atoms with Gasteiger partial charge in [0.2, 0.25) is 0 Å². The molecular formula is C11H14FN. The van der Waals surface area contributed by atoms with E-state index in [9.17, 15) is 4.39 Å². The molecule has 1 atom stereocenters. The van der Waals surface area contributed by atoms with Crippen LogP contribution in [0.1, 0.15) is 23.6 Å². The van der Waals surface area contributed by atoms with Crippen LogP contribution in [0.4, 0.5) is 4.39 Å². The van der Waals surface area contributed by atoms with Gasteiger partial charge < -0.3 is 5.73 Å². The highest BCUT2D eigenvalue weighted by Gasteiger charge is 2.07. The SMILES string of the molecule is C=CC[C@@H](N)c1cc(F)ccc1C. The average Bonchev–Trinajstić information content (AvgIpc) is 2.09. The Balaban J connectivity index is 2.97. The number of aryl methyl sites for hydroxylation is 1. The first kappa shape index (κ1) is 9.93. The van der Waals surface area contributed by atoms with Gasteiger partial charge in [0.05, 0.1) is 0 Å². The van der Waals surface area contributed by atoms with E-state index in [1.165, 1.54) is 12.1 Å². The van der Waals surface area contributed by atoms with Crippen molar-refractivity contribution in [2.75, 3.05) is 0 Å². The highest BCUT2D eigenvalue weighted by atomic mass is 19.1. The summed E-state index contributed by atoms with van der Waals surface area (Å²) in [6.45, 7) is 5.53. The number of rotatable bonds is 3. The molecule has 0 heterocycles. The Kier molecular flexibility index (Phi) is 3.20. The topological polar surface area (TPSA) is 26.0 Å². The maximum Gasteiger partial charge on any atom is 0.123 e. The fraction of sp³-hybridized carbons (Fsp3) is 0.273. The quantitative estimate of drug-likeness (QED) is 0.709. The molecular weight excluding hydrogens is 165 g/mol. The zero-order valence-electron chi connectivity index (χ0n) is 7.76. The molecule has 0 unspecified atom stereocenters. The van der Waals surface area contributed by atoms with Gasteiger partial charge >= 0.3 is 0 Å². The minimum Gasteiger partial charge on any atom is -0.324 e. The van der Waals surface area contributed by atoms with Crippen molar-refractivity contribution in [3.05, 3.63) is 47.8 Å². The molecule has 0 spiro atoms. The highest BCUT2D eigenvalue weighted by Crippen LogP contribution is 2.19. The second kappa shape index (κ2) is 4.19. The van der Waals surface area contributed by atoms with Gasteiger partial charge in [0.1, 0.15) is 5.82 Å². The Labute approximate surface area is 78.1 Å².